The van der Waals surface area contributed by atoms with Crippen LogP contribution in [0.2, 0.25) is 0 Å². The van der Waals surface area contributed by atoms with Crippen molar-refractivity contribution >= 4 is 5.69 Å². The fraction of sp³-hybridized carbons (Fsp3) is 0.111. The smallest absolute Gasteiger partial charge is 0.232 e. The van der Waals surface area contributed by atoms with Gasteiger partial charge in [0.25, 0.3) is 0 Å². The molecule has 12 heavy (non-hydrogen) atoms. The third-order valence-corrected chi connectivity index (χ3v) is 1.37. The molecule has 1 rings (SSSR count). The molecule has 1 aromatic carbocycles. The third kappa shape index (κ3) is 1.99. The van der Waals surface area contributed by atoms with Gasteiger partial charge in [-0.15, -0.1) is 6.42 Å². The van der Waals surface area contributed by atoms with Gasteiger partial charge < -0.3 is 15.5 Å². The maximum absolute atomic E-state index is 8.60. The second-order valence-electron chi connectivity index (χ2n) is 2.21. The van der Waals surface area contributed by atoms with Gasteiger partial charge >= 0.3 is 0 Å². The van der Waals surface area contributed by atoms with E-state index >= 15 is 0 Å². The lowest BCUT2D eigenvalue weighted by Gasteiger charge is -2.09. The molecule has 0 atom stereocenters. The molecule has 0 aliphatic rings. The molecular weight excluding hydrogens is 154 g/mol. The van der Waals surface area contributed by atoms with Crippen molar-refractivity contribution in [2.75, 3.05) is 5.32 Å². The van der Waals surface area contributed by atoms with E-state index in [2.05, 4.69) is 11.2 Å². The highest BCUT2D eigenvalue weighted by Gasteiger charge is 2.00. The number of anilines is 1. The van der Waals surface area contributed by atoms with Gasteiger partial charge in [0.1, 0.15) is 0 Å². The predicted octanol–water partition coefficient (Wildman–Crippen LogP) is 0.348. The van der Waals surface area contributed by atoms with E-state index in [9.17, 15) is 0 Å². The summed E-state index contributed by atoms with van der Waals surface area (Å²) in [6, 6.07) is 6.93. The normalized spacial score (nSPS) is 9.50. The standard InChI is InChI=1S/C9H9NO2/c1-2-7-5-3-4-6-8(7)10-9(11)12/h1,3-6,9-12H. The first-order chi connectivity index (χ1) is 5.74. The van der Waals surface area contributed by atoms with Crippen LogP contribution in [-0.4, -0.2) is 16.6 Å². The molecule has 0 fully saturated rings. The number of hydrogen-bond acceptors (Lipinski definition) is 3. The van der Waals surface area contributed by atoms with Gasteiger partial charge in [0.05, 0.1) is 5.69 Å². The van der Waals surface area contributed by atoms with Crippen LogP contribution in [0.15, 0.2) is 24.3 Å². The fourth-order valence-electron chi connectivity index (χ4n) is 0.874. The van der Waals surface area contributed by atoms with Crippen molar-refractivity contribution in [2.45, 2.75) is 6.41 Å². The molecule has 0 aromatic heterocycles. The largest absolute Gasteiger partial charge is 0.351 e. The average Bonchev–Trinajstić information content (AvgIpc) is 2.04. The molecule has 3 nitrogen and oxygen atoms in total. The molecule has 0 aliphatic carbocycles. The minimum absolute atomic E-state index is 0.537. The summed E-state index contributed by atoms with van der Waals surface area (Å²) in [4.78, 5) is 0. The molecule has 0 bridgehead atoms. The molecule has 3 N–H and O–H groups in total. The Bertz CT molecular complexity index is 302. The SMILES string of the molecule is C#Cc1ccccc1NC(O)O. The van der Waals surface area contributed by atoms with Gasteiger partial charge in [0, 0.05) is 5.56 Å². The van der Waals surface area contributed by atoms with E-state index in [0.29, 0.717) is 11.3 Å². The Hall–Kier alpha value is -1.50. The molecule has 0 saturated carbocycles. The molecule has 0 aliphatic heterocycles. The van der Waals surface area contributed by atoms with Crippen molar-refractivity contribution in [3.05, 3.63) is 29.8 Å². The van der Waals surface area contributed by atoms with E-state index < -0.39 is 6.41 Å². The monoisotopic (exact) mass is 163 g/mol. The lowest BCUT2D eigenvalue weighted by molar-refractivity contribution is -0.0147. The number of aliphatic hydroxyl groups is 2. The van der Waals surface area contributed by atoms with Crippen LogP contribution in [0, 0.1) is 12.3 Å². The van der Waals surface area contributed by atoms with Crippen molar-refractivity contribution in [3.63, 3.8) is 0 Å². The van der Waals surface area contributed by atoms with Gasteiger partial charge in [0.2, 0.25) is 6.41 Å². The second kappa shape index (κ2) is 3.77. The Morgan fingerprint density at radius 2 is 2.00 bits per heavy atom. The first kappa shape index (κ1) is 8.60. The van der Waals surface area contributed by atoms with Crippen molar-refractivity contribution in [1.29, 1.82) is 0 Å². The van der Waals surface area contributed by atoms with E-state index in [1.54, 1.807) is 24.3 Å². The molecule has 0 heterocycles. The van der Waals surface area contributed by atoms with Gasteiger partial charge in [-0.3, -0.25) is 0 Å². The van der Waals surface area contributed by atoms with Gasteiger partial charge in [-0.05, 0) is 12.1 Å². The zero-order valence-corrected chi connectivity index (χ0v) is 6.36. The number of terminal acetylenes is 1. The van der Waals surface area contributed by atoms with Crippen molar-refractivity contribution in [3.8, 4) is 12.3 Å². The van der Waals surface area contributed by atoms with E-state index in [1.807, 2.05) is 0 Å². The van der Waals surface area contributed by atoms with Crippen LogP contribution in [-0.2, 0) is 0 Å². The number of rotatable bonds is 2. The number of para-hydroxylation sites is 1. The average molecular weight is 163 g/mol. The number of benzene rings is 1. The summed E-state index contributed by atoms with van der Waals surface area (Å²) in [5.74, 6) is 2.42. The molecule has 0 radical (unpaired) electrons. The van der Waals surface area contributed by atoms with Crippen LogP contribution in [0.5, 0.6) is 0 Å². The number of hydrogen-bond donors (Lipinski definition) is 3. The van der Waals surface area contributed by atoms with E-state index in [-0.39, 0.29) is 0 Å². The predicted molar refractivity (Wildman–Crippen MR) is 46.2 cm³/mol. The second-order valence-corrected chi connectivity index (χ2v) is 2.21. The van der Waals surface area contributed by atoms with Gasteiger partial charge in [-0.25, -0.2) is 0 Å². The molecule has 1 aromatic rings. The molecule has 0 unspecified atom stereocenters. The van der Waals surface area contributed by atoms with Gasteiger partial charge in [0.15, 0.2) is 0 Å². The van der Waals surface area contributed by atoms with E-state index in [1.165, 1.54) is 0 Å². The van der Waals surface area contributed by atoms with E-state index in [4.69, 9.17) is 16.6 Å². The maximum atomic E-state index is 8.60. The Balaban J connectivity index is 2.91. The minimum Gasteiger partial charge on any atom is -0.351 e. The van der Waals surface area contributed by atoms with Gasteiger partial charge in [-0.1, -0.05) is 18.1 Å². The molecule has 0 amide bonds. The number of aliphatic hydroxyl groups excluding tert-OH is 1. The zero-order valence-electron chi connectivity index (χ0n) is 6.36. The molecule has 3 heteroatoms. The first-order valence-electron chi connectivity index (χ1n) is 3.42. The fourth-order valence-corrected chi connectivity index (χ4v) is 0.874. The lowest BCUT2D eigenvalue weighted by atomic mass is 10.2. The van der Waals surface area contributed by atoms with E-state index in [0.717, 1.165) is 0 Å². The van der Waals surface area contributed by atoms with Crippen LogP contribution in [0.3, 0.4) is 0 Å². The molecule has 62 valence electrons. The third-order valence-electron chi connectivity index (χ3n) is 1.37. The minimum atomic E-state index is -1.58. The van der Waals surface area contributed by atoms with Crippen LogP contribution >= 0.6 is 0 Å². The Morgan fingerprint density at radius 3 is 2.58 bits per heavy atom. The van der Waals surface area contributed by atoms with Crippen LogP contribution in [0.1, 0.15) is 5.56 Å². The molecular formula is C9H9NO2. The summed E-state index contributed by atoms with van der Waals surface area (Å²) < 4.78 is 0. The summed E-state index contributed by atoms with van der Waals surface area (Å²) in [5.41, 5.74) is 1.14. The summed E-state index contributed by atoms with van der Waals surface area (Å²) in [7, 11) is 0. The highest BCUT2D eigenvalue weighted by atomic mass is 16.5. The lowest BCUT2D eigenvalue weighted by Crippen LogP contribution is -2.17. The van der Waals surface area contributed by atoms with Crippen LogP contribution in [0.4, 0.5) is 5.69 Å². The zero-order chi connectivity index (χ0) is 8.97. The topological polar surface area (TPSA) is 52.5 Å². The highest BCUT2D eigenvalue weighted by Crippen LogP contribution is 2.13. The summed E-state index contributed by atoms with van der Waals surface area (Å²) in [6.07, 6.45) is 3.59. The first-order valence-corrected chi connectivity index (χ1v) is 3.42. The van der Waals surface area contributed by atoms with Crippen LogP contribution in [0.25, 0.3) is 0 Å². The van der Waals surface area contributed by atoms with Gasteiger partial charge in [-0.2, -0.15) is 0 Å². The Morgan fingerprint density at radius 1 is 1.33 bits per heavy atom. The molecule has 0 spiro atoms. The number of nitrogens with one attached hydrogen (secondary N) is 1. The van der Waals surface area contributed by atoms with Crippen LogP contribution < -0.4 is 5.32 Å². The quantitative estimate of drug-likeness (QED) is 0.435. The maximum Gasteiger partial charge on any atom is 0.232 e. The summed E-state index contributed by atoms with van der Waals surface area (Å²) >= 11 is 0. The van der Waals surface area contributed by atoms with Crippen molar-refractivity contribution < 1.29 is 10.2 Å². The summed E-state index contributed by atoms with van der Waals surface area (Å²) in [5, 5.41) is 19.6. The Labute approximate surface area is 70.7 Å². The highest BCUT2D eigenvalue weighted by molar-refractivity contribution is 5.58. The van der Waals surface area contributed by atoms with Crippen molar-refractivity contribution in [1.82, 2.24) is 0 Å². The Kier molecular flexibility index (Phi) is 2.70. The summed E-state index contributed by atoms with van der Waals surface area (Å²) in [6.45, 7) is 0. The molecule has 0 saturated heterocycles. The van der Waals surface area contributed by atoms with Crippen molar-refractivity contribution in [2.24, 2.45) is 0 Å².